The molecular weight excluding hydrogens is 941 g/mol. The van der Waals surface area contributed by atoms with E-state index < -0.39 is 66.1 Å². The van der Waals surface area contributed by atoms with Crippen molar-refractivity contribution >= 4 is 53.2 Å². The number of nitrogens with one attached hydrogen (secondary N) is 4. The molecule has 8 unspecified atom stereocenters. The van der Waals surface area contributed by atoms with Crippen LogP contribution in [0, 0.1) is 23.7 Å². The summed E-state index contributed by atoms with van der Waals surface area (Å²) in [4.78, 5) is 124. The quantitative estimate of drug-likeness (QED) is 0.0408. The van der Waals surface area contributed by atoms with Crippen LogP contribution in [0.4, 0.5) is 0 Å². The second-order valence-electron chi connectivity index (χ2n) is 20.3. The van der Waals surface area contributed by atoms with Crippen molar-refractivity contribution in [3.05, 3.63) is 48.0 Å². The van der Waals surface area contributed by atoms with E-state index >= 15 is 0 Å². The summed E-state index contributed by atoms with van der Waals surface area (Å²) in [7, 11) is 6.43. The number of imide groups is 1. The van der Waals surface area contributed by atoms with Gasteiger partial charge in [-0.3, -0.25) is 59.0 Å². The number of methoxy groups -OCH3 is 2. The first kappa shape index (κ1) is 61.6. The molecule has 1 fully saturated rings. The number of nitrogens with zero attached hydrogens (tertiary/aromatic N) is 4. The van der Waals surface area contributed by atoms with Crippen LogP contribution in [0.5, 0.6) is 0 Å². The van der Waals surface area contributed by atoms with Crippen molar-refractivity contribution in [1.82, 2.24) is 41.1 Å². The first-order valence-corrected chi connectivity index (χ1v) is 25.9. The molecule has 0 bridgehead atoms. The van der Waals surface area contributed by atoms with Gasteiger partial charge in [0.1, 0.15) is 12.1 Å². The third-order valence-electron chi connectivity index (χ3n) is 14.2. The average Bonchev–Trinajstić information content (AvgIpc) is 3.97. The van der Waals surface area contributed by atoms with E-state index in [1.165, 1.54) is 26.4 Å². The van der Waals surface area contributed by atoms with Crippen LogP contribution in [0.3, 0.4) is 0 Å². The Morgan fingerprint density at radius 1 is 0.795 bits per heavy atom. The van der Waals surface area contributed by atoms with Gasteiger partial charge >= 0.3 is 5.97 Å². The van der Waals surface area contributed by atoms with Crippen molar-refractivity contribution in [2.75, 3.05) is 47.9 Å². The van der Waals surface area contributed by atoms with E-state index in [0.29, 0.717) is 58.0 Å². The second kappa shape index (κ2) is 30.5. The number of unbranched alkanes of at least 4 members (excludes halogenated alkanes) is 2. The van der Waals surface area contributed by atoms with Gasteiger partial charge in [0.2, 0.25) is 35.4 Å². The molecule has 73 heavy (non-hydrogen) atoms. The molecule has 8 amide bonds. The Bertz CT molecular complexity index is 2030. The fourth-order valence-corrected chi connectivity index (χ4v) is 9.92. The van der Waals surface area contributed by atoms with Crippen LogP contribution in [0.2, 0.25) is 0 Å². The van der Waals surface area contributed by atoms with Crippen LogP contribution in [0.25, 0.3) is 0 Å². The number of carbonyl (C=O) groups excluding carboxylic acids is 8. The minimum atomic E-state index is -1.16. The Kier molecular flexibility index (Phi) is 25.7. The molecule has 0 saturated carbocycles. The topological polar surface area (TPSA) is 253 Å². The number of hydrogen-bond donors (Lipinski definition) is 5. The molecule has 1 saturated heterocycles. The summed E-state index contributed by atoms with van der Waals surface area (Å²) in [6.07, 6.45) is 5.19. The van der Waals surface area contributed by atoms with Gasteiger partial charge in [0.05, 0.1) is 42.7 Å². The van der Waals surface area contributed by atoms with Crippen LogP contribution in [0.15, 0.2) is 42.5 Å². The smallest absolute Gasteiger partial charge is 0.326 e. The molecule has 2 heterocycles. The number of carbonyl (C=O) groups is 9. The molecule has 5 N–H and O–H groups in total. The van der Waals surface area contributed by atoms with Gasteiger partial charge < -0.3 is 35.0 Å². The molecule has 20 nitrogen and oxygen atoms in total. The summed E-state index contributed by atoms with van der Waals surface area (Å²) < 4.78 is 11.9. The molecule has 0 aromatic heterocycles. The molecule has 2 aliphatic rings. The first-order valence-electron chi connectivity index (χ1n) is 25.9. The summed E-state index contributed by atoms with van der Waals surface area (Å²) in [5.41, 5.74) is 5.61. The summed E-state index contributed by atoms with van der Waals surface area (Å²) in [5.74, 6) is -5.47. The van der Waals surface area contributed by atoms with E-state index in [4.69, 9.17) is 9.47 Å². The molecular formula is C53H84N8O12. The van der Waals surface area contributed by atoms with Gasteiger partial charge in [-0.2, -0.15) is 0 Å². The van der Waals surface area contributed by atoms with E-state index in [1.807, 2.05) is 52.5 Å². The molecule has 408 valence electrons. The highest BCUT2D eigenvalue weighted by Gasteiger charge is 2.44. The lowest BCUT2D eigenvalue weighted by molar-refractivity contribution is -0.148. The highest BCUT2D eigenvalue weighted by atomic mass is 16.5. The van der Waals surface area contributed by atoms with Gasteiger partial charge in [-0.1, -0.05) is 91.6 Å². The molecule has 0 radical (unpaired) electrons. The number of carboxylic acids is 1. The summed E-state index contributed by atoms with van der Waals surface area (Å²) in [6.45, 7) is 14.2. The maximum Gasteiger partial charge on any atom is 0.326 e. The molecule has 3 rings (SSSR count). The standard InChI is InChI=1S/C53H84N8O12/c1-12-35(6)48(40(72-10)32-45(66)60-30-19-23-39(60)49(73-11)36(7)50(67)54-38(53(70)71)31-37-21-15-13-16-22-37)59(9)52(69)46(33(2)3)55-51(68)47(34(4)5)58(8)28-20-25-42(63)57-56-41(62)24-17-14-18-29-61-43(64)26-27-44(61)65/h13,15-16,21-22,26-27,33-36,38-40,46-49H,12,14,17-20,23-25,28-32H2,1-11H3,(H,54,67)(H,55,68)(H,56,62)(H,57,63)(H,70,71)/t35?,36?,38?,39-,40?,46?,47?,48?,49?/m0/s1. The Hall–Kier alpha value is -5.73. The van der Waals surface area contributed by atoms with Gasteiger partial charge in [0, 0.05) is 65.8 Å². The van der Waals surface area contributed by atoms with Crippen molar-refractivity contribution < 1.29 is 57.7 Å². The highest BCUT2D eigenvalue weighted by molar-refractivity contribution is 6.12. The lowest BCUT2D eigenvalue weighted by Gasteiger charge is -2.41. The Morgan fingerprint density at radius 3 is 1.96 bits per heavy atom. The number of carboxylic acid groups (broad SMARTS) is 1. The third kappa shape index (κ3) is 18.3. The molecule has 9 atom stereocenters. The predicted octanol–water partition coefficient (Wildman–Crippen LogP) is 3.23. The number of hydrazine groups is 1. The summed E-state index contributed by atoms with van der Waals surface area (Å²) >= 11 is 0. The zero-order valence-corrected chi connectivity index (χ0v) is 45.0. The minimum absolute atomic E-state index is 0.0766. The van der Waals surface area contributed by atoms with Gasteiger partial charge in [-0.05, 0) is 69.0 Å². The van der Waals surface area contributed by atoms with Crippen LogP contribution < -0.4 is 21.5 Å². The van der Waals surface area contributed by atoms with Crippen molar-refractivity contribution in [3.63, 3.8) is 0 Å². The highest BCUT2D eigenvalue weighted by Crippen LogP contribution is 2.30. The lowest BCUT2D eigenvalue weighted by atomic mass is 9.89. The van der Waals surface area contributed by atoms with Crippen molar-refractivity contribution in [3.8, 4) is 0 Å². The maximum atomic E-state index is 14.6. The van der Waals surface area contributed by atoms with Crippen molar-refractivity contribution in [1.29, 1.82) is 0 Å². The monoisotopic (exact) mass is 1020 g/mol. The predicted molar refractivity (Wildman–Crippen MR) is 274 cm³/mol. The van der Waals surface area contributed by atoms with Crippen molar-refractivity contribution in [2.45, 2.75) is 162 Å². The SMILES string of the molecule is CCC(C)C(C(CC(=O)N1CCC[C@H]1C(OC)C(C)C(=O)NC(Cc1ccccc1)C(=O)O)OC)N(C)C(=O)C(NC(=O)C(C(C)C)N(C)CCCC(=O)NNC(=O)CCCCCN1C(=O)C=CC1=O)C(C)C. The van der Waals surface area contributed by atoms with Gasteiger partial charge in [0.25, 0.3) is 11.8 Å². The number of benzene rings is 1. The Balaban J connectivity index is 1.60. The fraction of sp³-hybridized carbons (Fsp3) is 0.679. The van der Waals surface area contributed by atoms with Gasteiger partial charge in [-0.25, -0.2) is 4.79 Å². The Morgan fingerprint density at radius 2 is 1.41 bits per heavy atom. The number of likely N-dealkylation sites (tertiary alicyclic amines) is 1. The third-order valence-corrected chi connectivity index (χ3v) is 14.2. The zero-order valence-electron chi connectivity index (χ0n) is 45.0. The summed E-state index contributed by atoms with van der Waals surface area (Å²) in [5, 5.41) is 15.7. The summed E-state index contributed by atoms with van der Waals surface area (Å²) in [6, 6.07) is 5.23. The zero-order chi connectivity index (χ0) is 54.5. The molecule has 20 heteroatoms. The maximum absolute atomic E-state index is 14.6. The number of ether oxygens (including phenoxy) is 2. The average molecular weight is 1030 g/mol. The van der Waals surface area contributed by atoms with Gasteiger partial charge in [0.15, 0.2) is 0 Å². The largest absolute Gasteiger partial charge is 0.480 e. The van der Waals surface area contributed by atoms with Crippen LogP contribution >= 0.6 is 0 Å². The minimum Gasteiger partial charge on any atom is -0.480 e. The van der Waals surface area contributed by atoms with E-state index in [0.717, 1.165) is 10.5 Å². The van der Waals surface area contributed by atoms with Gasteiger partial charge in [-0.15, -0.1) is 0 Å². The second-order valence-corrected chi connectivity index (χ2v) is 20.3. The molecule has 2 aliphatic heterocycles. The number of rotatable bonds is 31. The first-order chi connectivity index (χ1) is 34.6. The van der Waals surface area contributed by atoms with Crippen LogP contribution in [-0.2, 0) is 59.0 Å². The number of amides is 8. The van der Waals surface area contributed by atoms with E-state index in [9.17, 15) is 48.3 Å². The molecule has 0 aliphatic carbocycles. The van der Waals surface area contributed by atoms with Crippen LogP contribution in [-0.4, -0.2) is 168 Å². The molecule has 1 aromatic rings. The fourth-order valence-electron chi connectivity index (χ4n) is 9.92. The molecule has 1 aromatic carbocycles. The normalized spacial score (nSPS) is 18.0. The molecule has 0 spiro atoms. The van der Waals surface area contributed by atoms with Crippen molar-refractivity contribution in [2.24, 2.45) is 23.7 Å². The number of hydrogen-bond acceptors (Lipinski definition) is 12. The van der Waals surface area contributed by atoms with E-state index in [1.54, 1.807) is 55.1 Å². The number of likely N-dealkylation sites (N-methyl/N-ethyl adjacent to an activating group) is 2. The lowest BCUT2D eigenvalue weighted by Crippen LogP contribution is -2.60. The van der Waals surface area contributed by atoms with Crippen LogP contribution in [0.1, 0.15) is 118 Å². The van der Waals surface area contributed by atoms with E-state index in [-0.39, 0.29) is 85.4 Å². The number of aliphatic carboxylic acids is 1. The van der Waals surface area contributed by atoms with E-state index in [2.05, 4.69) is 21.5 Å². The Labute approximate surface area is 432 Å².